The zero-order valence-corrected chi connectivity index (χ0v) is 17.9. The first kappa shape index (κ1) is 24.0. The number of nitrogens with one attached hydrogen (secondary N) is 1. The Morgan fingerprint density at radius 1 is 1.25 bits per heavy atom. The van der Waals surface area contributed by atoms with Crippen LogP contribution in [0, 0.1) is 0 Å². The van der Waals surface area contributed by atoms with Crippen LogP contribution in [0.2, 0.25) is 0 Å². The molecule has 14 heteroatoms. The summed E-state index contributed by atoms with van der Waals surface area (Å²) in [6.45, 7) is -0.578. The number of hydrogen-bond donors (Lipinski definition) is 4. The van der Waals surface area contributed by atoms with Gasteiger partial charge >= 0.3 is 13.5 Å². The second kappa shape index (κ2) is 9.88. The SMILES string of the molecule is COc1ccccc1C(=O)Nc1ccn([C@@H]2O[C@H](COP(=O)(O)OC)[C@@H](O)[C@H]2O)c(=O)n1. The highest BCUT2D eigenvalue weighted by Gasteiger charge is 2.45. The summed E-state index contributed by atoms with van der Waals surface area (Å²) >= 11 is 0. The number of nitrogens with zero attached hydrogens (tertiary/aromatic N) is 2. The number of rotatable bonds is 8. The van der Waals surface area contributed by atoms with Gasteiger partial charge in [0.15, 0.2) is 6.23 Å². The van der Waals surface area contributed by atoms with Crippen LogP contribution in [0.5, 0.6) is 5.75 Å². The minimum atomic E-state index is -4.33. The number of aromatic nitrogens is 2. The molecule has 0 aliphatic carbocycles. The first-order valence-corrected chi connectivity index (χ1v) is 10.7. The molecule has 3 rings (SSSR count). The summed E-state index contributed by atoms with van der Waals surface area (Å²) < 4.78 is 31.8. The first-order chi connectivity index (χ1) is 15.2. The van der Waals surface area contributed by atoms with Crippen LogP contribution >= 0.6 is 7.82 Å². The Labute approximate surface area is 181 Å². The predicted octanol–water partition coefficient (Wildman–Crippen LogP) is -0.113. The van der Waals surface area contributed by atoms with E-state index in [1.54, 1.807) is 18.2 Å². The lowest BCUT2D eigenvalue weighted by Crippen LogP contribution is -2.36. The van der Waals surface area contributed by atoms with Gasteiger partial charge in [-0.2, -0.15) is 4.98 Å². The van der Waals surface area contributed by atoms with E-state index >= 15 is 0 Å². The third-order valence-corrected chi connectivity index (χ3v) is 5.60. The fourth-order valence-electron chi connectivity index (χ4n) is 3.01. The van der Waals surface area contributed by atoms with Gasteiger partial charge in [0.25, 0.3) is 5.91 Å². The van der Waals surface area contributed by atoms with Gasteiger partial charge in [-0.25, -0.2) is 9.36 Å². The number of phosphoric acid groups is 1. The molecule has 32 heavy (non-hydrogen) atoms. The smallest absolute Gasteiger partial charge is 0.472 e. The zero-order chi connectivity index (χ0) is 23.5. The Morgan fingerprint density at radius 3 is 2.62 bits per heavy atom. The maximum Gasteiger partial charge on any atom is 0.472 e. The molecule has 13 nitrogen and oxygen atoms in total. The molecule has 0 saturated carbocycles. The molecule has 2 aromatic rings. The van der Waals surface area contributed by atoms with Gasteiger partial charge in [-0.15, -0.1) is 0 Å². The van der Waals surface area contributed by atoms with Crippen molar-refractivity contribution in [1.82, 2.24) is 9.55 Å². The van der Waals surface area contributed by atoms with E-state index in [4.69, 9.17) is 9.47 Å². The molecule has 0 spiro atoms. The Balaban J connectivity index is 1.73. The Morgan fingerprint density at radius 2 is 1.97 bits per heavy atom. The summed E-state index contributed by atoms with van der Waals surface area (Å²) in [4.78, 5) is 37.9. The predicted molar refractivity (Wildman–Crippen MR) is 108 cm³/mol. The van der Waals surface area contributed by atoms with E-state index in [0.29, 0.717) is 5.75 Å². The summed E-state index contributed by atoms with van der Waals surface area (Å²) in [6, 6.07) is 7.79. The van der Waals surface area contributed by atoms with Crippen LogP contribution in [0.25, 0.3) is 0 Å². The van der Waals surface area contributed by atoms with Crippen molar-refractivity contribution in [3.05, 3.63) is 52.6 Å². The molecule has 5 atom stereocenters. The molecule has 0 bridgehead atoms. The number of aliphatic hydroxyl groups is 2. The van der Waals surface area contributed by atoms with Gasteiger partial charge < -0.3 is 29.9 Å². The van der Waals surface area contributed by atoms with Crippen molar-refractivity contribution in [2.45, 2.75) is 24.5 Å². The molecule has 1 unspecified atom stereocenters. The maximum atomic E-state index is 12.5. The highest BCUT2D eigenvalue weighted by atomic mass is 31.2. The molecule has 0 radical (unpaired) electrons. The summed E-state index contributed by atoms with van der Waals surface area (Å²) in [5, 5.41) is 22.9. The van der Waals surface area contributed by atoms with E-state index in [2.05, 4.69) is 19.3 Å². The van der Waals surface area contributed by atoms with Crippen molar-refractivity contribution >= 4 is 19.5 Å². The lowest BCUT2D eigenvalue weighted by molar-refractivity contribution is -0.0546. The first-order valence-electron chi connectivity index (χ1n) is 9.25. The van der Waals surface area contributed by atoms with Gasteiger partial charge in [0.1, 0.15) is 29.9 Å². The molecule has 1 fully saturated rings. The summed E-state index contributed by atoms with van der Waals surface area (Å²) in [5.41, 5.74) is -0.649. The molecular weight excluding hydrogens is 449 g/mol. The van der Waals surface area contributed by atoms with E-state index in [9.17, 15) is 29.3 Å². The van der Waals surface area contributed by atoms with E-state index in [0.717, 1.165) is 11.7 Å². The molecule has 1 amide bonds. The molecule has 1 saturated heterocycles. The fourth-order valence-corrected chi connectivity index (χ4v) is 3.45. The number of benzene rings is 1. The zero-order valence-electron chi connectivity index (χ0n) is 17.0. The van der Waals surface area contributed by atoms with E-state index < -0.39 is 50.6 Å². The van der Waals surface area contributed by atoms with Crippen molar-refractivity contribution in [1.29, 1.82) is 0 Å². The average Bonchev–Trinajstić information content (AvgIpc) is 3.06. The number of carbonyl (C=O) groups excluding carboxylic acids is 1. The van der Waals surface area contributed by atoms with Crippen LogP contribution in [-0.4, -0.2) is 69.7 Å². The van der Waals surface area contributed by atoms with Crippen molar-refractivity contribution in [2.75, 3.05) is 26.1 Å². The van der Waals surface area contributed by atoms with Gasteiger partial charge in [-0.3, -0.25) is 18.4 Å². The summed E-state index contributed by atoms with van der Waals surface area (Å²) in [7, 11) is -1.95. The lowest BCUT2D eigenvalue weighted by atomic mass is 10.1. The number of ether oxygens (including phenoxy) is 2. The van der Waals surface area contributed by atoms with Crippen molar-refractivity contribution < 1.29 is 43.0 Å². The number of carbonyl (C=O) groups is 1. The average molecular weight is 471 g/mol. The molecular formula is C18H22N3O10P. The number of aliphatic hydroxyl groups excluding tert-OH is 2. The highest BCUT2D eigenvalue weighted by Crippen LogP contribution is 2.43. The maximum absolute atomic E-state index is 12.5. The molecule has 1 aromatic heterocycles. The number of phosphoric ester groups is 1. The van der Waals surface area contributed by atoms with Crippen LogP contribution in [0.1, 0.15) is 16.6 Å². The minimum Gasteiger partial charge on any atom is -0.496 e. The lowest BCUT2D eigenvalue weighted by Gasteiger charge is -2.17. The fraction of sp³-hybridized carbons (Fsp3) is 0.389. The van der Waals surface area contributed by atoms with Crippen molar-refractivity contribution in [3.8, 4) is 5.75 Å². The van der Waals surface area contributed by atoms with Crippen LogP contribution in [0.4, 0.5) is 5.82 Å². The summed E-state index contributed by atoms with van der Waals surface area (Å²) in [5.74, 6) is -0.274. The summed E-state index contributed by atoms with van der Waals surface area (Å²) in [6.07, 6.45) is -4.43. The van der Waals surface area contributed by atoms with Gasteiger partial charge in [0.2, 0.25) is 0 Å². The van der Waals surface area contributed by atoms with Crippen molar-refractivity contribution in [2.24, 2.45) is 0 Å². The largest absolute Gasteiger partial charge is 0.496 e. The third kappa shape index (κ3) is 5.22. The second-order valence-corrected chi connectivity index (χ2v) is 8.21. The van der Waals surface area contributed by atoms with Crippen LogP contribution < -0.4 is 15.7 Å². The minimum absolute atomic E-state index is 0.0589. The molecule has 2 heterocycles. The van der Waals surface area contributed by atoms with Crippen LogP contribution in [0.15, 0.2) is 41.3 Å². The van der Waals surface area contributed by atoms with E-state index in [-0.39, 0.29) is 11.4 Å². The number of amides is 1. The van der Waals surface area contributed by atoms with E-state index in [1.165, 1.54) is 25.4 Å². The molecule has 1 aliphatic heterocycles. The standard InChI is InChI=1S/C18H22N3O10P/c1-28-11-6-4-3-5-10(11)16(24)19-13-7-8-21(18(25)20-13)17-15(23)14(22)12(31-17)9-30-32(26,27)29-2/h3-8,12,14-15,17,22-23H,9H2,1-2H3,(H,26,27)(H,19,20,24,25)/t12-,14-,15-,17-/m1/s1. The van der Waals surface area contributed by atoms with E-state index in [1.807, 2.05) is 0 Å². The number of methoxy groups -OCH3 is 1. The molecule has 1 aromatic carbocycles. The molecule has 4 N–H and O–H groups in total. The topological polar surface area (TPSA) is 179 Å². The Hall–Kier alpha value is -2.64. The normalized spacial score (nSPS) is 24.7. The molecule has 174 valence electrons. The quantitative estimate of drug-likeness (QED) is 0.377. The number of para-hydroxylation sites is 1. The monoisotopic (exact) mass is 471 g/mol. The highest BCUT2D eigenvalue weighted by molar-refractivity contribution is 7.47. The van der Waals surface area contributed by atoms with Gasteiger partial charge in [0, 0.05) is 13.3 Å². The number of hydrogen-bond acceptors (Lipinski definition) is 10. The second-order valence-electron chi connectivity index (χ2n) is 6.65. The van der Waals surface area contributed by atoms with Crippen LogP contribution in [0.3, 0.4) is 0 Å². The Bertz CT molecular complexity index is 1080. The Kier molecular flexibility index (Phi) is 7.41. The van der Waals surface area contributed by atoms with Crippen molar-refractivity contribution in [3.63, 3.8) is 0 Å². The van der Waals surface area contributed by atoms with Gasteiger partial charge in [0.05, 0.1) is 19.3 Å². The number of anilines is 1. The van der Waals surface area contributed by atoms with Gasteiger partial charge in [-0.05, 0) is 18.2 Å². The third-order valence-electron chi connectivity index (χ3n) is 4.67. The van der Waals surface area contributed by atoms with Gasteiger partial charge in [-0.1, -0.05) is 12.1 Å². The molecule has 1 aliphatic rings. The van der Waals surface area contributed by atoms with Crippen LogP contribution in [-0.2, 0) is 18.3 Å².